The molecule has 120 valence electrons. The van der Waals surface area contributed by atoms with Gasteiger partial charge in [-0.05, 0) is 24.5 Å². The lowest BCUT2D eigenvalue weighted by molar-refractivity contribution is -0.137. The molecule has 0 N–H and O–H groups in total. The van der Waals surface area contributed by atoms with E-state index in [1.54, 1.807) is 24.1 Å². The maximum absolute atomic E-state index is 12.8. The van der Waals surface area contributed by atoms with E-state index >= 15 is 0 Å². The summed E-state index contributed by atoms with van der Waals surface area (Å²) in [5.41, 5.74) is -0.435. The van der Waals surface area contributed by atoms with Gasteiger partial charge in [0.1, 0.15) is 0 Å². The van der Waals surface area contributed by atoms with Crippen LogP contribution in [0.3, 0.4) is 0 Å². The van der Waals surface area contributed by atoms with Gasteiger partial charge in [0, 0.05) is 33.3 Å². The predicted octanol–water partition coefficient (Wildman–Crippen LogP) is 1.24. The molecule has 1 spiro atoms. The number of methoxy groups -OCH3 is 1. The zero-order valence-electron chi connectivity index (χ0n) is 13.1. The molecule has 2 atom stereocenters. The SMILES string of the molecule is COCCN1CC[C@]2(CN(C(=O)c3ccco3)C[C@H]2C)C1=O. The topological polar surface area (TPSA) is 63.0 Å². The highest BCUT2D eigenvalue weighted by Crippen LogP contribution is 2.44. The number of carbonyl (C=O) groups excluding carboxylic acids is 2. The summed E-state index contributed by atoms with van der Waals surface area (Å²) in [5.74, 6) is 0.529. The number of hydrogen-bond acceptors (Lipinski definition) is 4. The molecule has 2 aliphatic rings. The minimum Gasteiger partial charge on any atom is -0.459 e. The fraction of sp³-hybridized carbons (Fsp3) is 0.625. The second-order valence-corrected chi connectivity index (χ2v) is 6.26. The first kappa shape index (κ1) is 15.1. The van der Waals surface area contributed by atoms with Crippen molar-refractivity contribution >= 4 is 11.8 Å². The molecule has 3 rings (SSSR count). The molecule has 1 aromatic rings. The van der Waals surface area contributed by atoms with Crippen LogP contribution in [-0.4, -0.2) is 61.5 Å². The van der Waals surface area contributed by atoms with Crippen molar-refractivity contribution in [2.75, 3.05) is 39.9 Å². The Kier molecular flexibility index (Phi) is 3.95. The van der Waals surface area contributed by atoms with E-state index < -0.39 is 5.41 Å². The van der Waals surface area contributed by atoms with E-state index in [1.807, 2.05) is 4.90 Å². The van der Waals surface area contributed by atoms with Crippen molar-refractivity contribution in [1.82, 2.24) is 9.80 Å². The Bertz CT molecular complexity index is 557. The molecule has 22 heavy (non-hydrogen) atoms. The van der Waals surface area contributed by atoms with E-state index in [-0.39, 0.29) is 17.7 Å². The third-order valence-electron chi connectivity index (χ3n) is 5.04. The number of carbonyl (C=O) groups is 2. The van der Waals surface area contributed by atoms with E-state index in [0.717, 1.165) is 13.0 Å². The Labute approximate surface area is 130 Å². The average Bonchev–Trinajstić information content (AvgIpc) is 3.21. The molecule has 2 aliphatic heterocycles. The van der Waals surface area contributed by atoms with Crippen LogP contribution in [0.5, 0.6) is 0 Å². The molecule has 0 saturated carbocycles. The van der Waals surface area contributed by atoms with Crippen LogP contribution in [0, 0.1) is 11.3 Å². The number of furan rings is 1. The lowest BCUT2D eigenvalue weighted by Gasteiger charge is -2.26. The first-order valence-corrected chi connectivity index (χ1v) is 7.69. The third-order valence-corrected chi connectivity index (χ3v) is 5.04. The Morgan fingerprint density at radius 2 is 2.36 bits per heavy atom. The molecular formula is C16H22N2O4. The molecule has 2 amide bonds. The smallest absolute Gasteiger partial charge is 0.289 e. The molecule has 1 aromatic heterocycles. The summed E-state index contributed by atoms with van der Waals surface area (Å²) in [6.07, 6.45) is 2.30. The summed E-state index contributed by atoms with van der Waals surface area (Å²) in [7, 11) is 1.64. The molecule has 0 unspecified atom stereocenters. The van der Waals surface area contributed by atoms with Crippen molar-refractivity contribution < 1.29 is 18.7 Å². The van der Waals surface area contributed by atoms with E-state index in [0.29, 0.717) is 32.0 Å². The highest BCUT2D eigenvalue weighted by molar-refractivity contribution is 5.93. The standard InChI is InChI=1S/C16H22N2O4/c1-12-10-18(14(19)13-4-3-8-22-13)11-16(12)5-6-17(15(16)20)7-9-21-2/h3-4,8,12H,5-7,9-11H2,1-2H3/t12-,16-/m1/s1. The maximum Gasteiger partial charge on any atom is 0.289 e. The van der Waals surface area contributed by atoms with Gasteiger partial charge in [-0.1, -0.05) is 6.92 Å². The lowest BCUT2D eigenvalue weighted by atomic mass is 9.78. The van der Waals surface area contributed by atoms with E-state index in [1.165, 1.54) is 6.26 Å². The monoisotopic (exact) mass is 306 g/mol. The average molecular weight is 306 g/mol. The largest absolute Gasteiger partial charge is 0.459 e. The summed E-state index contributed by atoms with van der Waals surface area (Å²) in [6, 6.07) is 3.37. The predicted molar refractivity (Wildman–Crippen MR) is 79.3 cm³/mol. The number of hydrogen-bond donors (Lipinski definition) is 0. The van der Waals surface area contributed by atoms with Gasteiger partial charge in [0.05, 0.1) is 18.3 Å². The number of rotatable bonds is 4. The third kappa shape index (κ3) is 2.31. The molecule has 0 radical (unpaired) electrons. The summed E-state index contributed by atoms with van der Waals surface area (Å²) >= 11 is 0. The lowest BCUT2D eigenvalue weighted by Crippen LogP contribution is -2.41. The summed E-state index contributed by atoms with van der Waals surface area (Å²) in [5, 5.41) is 0. The summed E-state index contributed by atoms with van der Waals surface area (Å²) in [4.78, 5) is 28.9. The quantitative estimate of drug-likeness (QED) is 0.839. The van der Waals surface area contributed by atoms with Crippen molar-refractivity contribution in [3.8, 4) is 0 Å². The minimum absolute atomic E-state index is 0.128. The molecule has 2 fully saturated rings. The molecule has 3 heterocycles. The zero-order chi connectivity index (χ0) is 15.7. The minimum atomic E-state index is -0.435. The van der Waals surface area contributed by atoms with E-state index in [9.17, 15) is 9.59 Å². The zero-order valence-corrected chi connectivity index (χ0v) is 13.1. The molecule has 2 saturated heterocycles. The normalized spacial score (nSPS) is 28.1. The number of ether oxygens (including phenoxy) is 1. The van der Waals surface area contributed by atoms with Crippen LogP contribution in [0.15, 0.2) is 22.8 Å². The fourth-order valence-electron chi connectivity index (χ4n) is 3.65. The highest BCUT2D eigenvalue weighted by Gasteiger charge is 2.55. The van der Waals surface area contributed by atoms with Crippen LogP contribution in [0.1, 0.15) is 23.9 Å². The first-order chi connectivity index (χ1) is 10.6. The Balaban J connectivity index is 1.73. The molecule has 6 nitrogen and oxygen atoms in total. The van der Waals surface area contributed by atoms with Crippen LogP contribution in [0.2, 0.25) is 0 Å². The van der Waals surface area contributed by atoms with Gasteiger partial charge >= 0.3 is 0 Å². The molecule has 0 aromatic carbocycles. The van der Waals surface area contributed by atoms with Gasteiger partial charge in [-0.2, -0.15) is 0 Å². The molecule has 6 heteroatoms. The Hall–Kier alpha value is -1.82. The summed E-state index contributed by atoms with van der Waals surface area (Å²) in [6.45, 7) is 5.06. The number of nitrogens with zero attached hydrogens (tertiary/aromatic N) is 2. The van der Waals surface area contributed by atoms with Crippen LogP contribution in [-0.2, 0) is 9.53 Å². The van der Waals surface area contributed by atoms with Gasteiger partial charge in [-0.3, -0.25) is 9.59 Å². The maximum atomic E-state index is 12.8. The molecule has 0 bridgehead atoms. The van der Waals surface area contributed by atoms with Gasteiger partial charge < -0.3 is 19.0 Å². The summed E-state index contributed by atoms with van der Waals surface area (Å²) < 4.78 is 10.3. The van der Waals surface area contributed by atoms with Gasteiger partial charge in [-0.15, -0.1) is 0 Å². The number of likely N-dealkylation sites (tertiary alicyclic amines) is 2. The van der Waals surface area contributed by atoms with Crippen LogP contribution in [0.25, 0.3) is 0 Å². The van der Waals surface area contributed by atoms with Crippen LogP contribution >= 0.6 is 0 Å². The van der Waals surface area contributed by atoms with Gasteiger partial charge in [-0.25, -0.2) is 0 Å². The number of amides is 2. The van der Waals surface area contributed by atoms with E-state index in [4.69, 9.17) is 9.15 Å². The van der Waals surface area contributed by atoms with Crippen molar-refractivity contribution in [2.24, 2.45) is 11.3 Å². The molecule has 0 aliphatic carbocycles. The van der Waals surface area contributed by atoms with Gasteiger partial charge in [0.2, 0.25) is 5.91 Å². The van der Waals surface area contributed by atoms with Crippen LogP contribution in [0.4, 0.5) is 0 Å². The Morgan fingerprint density at radius 1 is 1.55 bits per heavy atom. The van der Waals surface area contributed by atoms with Gasteiger partial charge in [0.25, 0.3) is 5.91 Å². The molecular weight excluding hydrogens is 284 g/mol. The first-order valence-electron chi connectivity index (χ1n) is 7.69. The van der Waals surface area contributed by atoms with Crippen molar-refractivity contribution in [3.05, 3.63) is 24.2 Å². The van der Waals surface area contributed by atoms with Crippen molar-refractivity contribution in [1.29, 1.82) is 0 Å². The van der Waals surface area contributed by atoms with Crippen molar-refractivity contribution in [3.63, 3.8) is 0 Å². The van der Waals surface area contributed by atoms with Crippen LogP contribution < -0.4 is 0 Å². The second kappa shape index (κ2) is 5.76. The van der Waals surface area contributed by atoms with E-state index in [2.05, 4.69) is 6.92 Å². The van der Waals surface area contributed by atoms with Gasteiger partial charge in [0.15, 0.2) is 5.76 Å². The Morgan fingerprint density at radius 3 is 3.05 bits per heavy atom. The fourth-order valence-corrected chi connectivity index (χ4v) is 3.65. The second-order valence-electron chi connectivity index (χ2n) is 6.26. The highest BCUT2D eigenvalue weighted by atomic mass is 16.5. The van der Waals surface area contributed by atoms with Crippen molar-refractivity contribution in [2.45, 2.75) is 13.3 Å².